The van der Waals surface area contributed by atoms with Gasteiger partial charge in [0.2, 0.25) is 5.91 Å². The third-order valence-corrected chi connectivity index (χ3v) is 3.09. The zero-order valence-corrected chi connectivity index (χ0v) is 12.3. The van der Waals surface area contributed by atoms with Gasteiger partial charge in [-0.15, -0.1) is 0 Å². The van der Waals surface area contributed by atoms with Crippen molar-refractivity contribution in [3.05, 3.63) is 59.7 Å². The van der Waals surface area contributed by atoms with Gasteiger partial charge < -0.3 is 15.4 Å². The lowest BCUT2D eigenvalue weighted by molar-refractivity contribution is -0.114. The molecule has 0 aromatic heterocycles. The number of amides is 1. The van der Waals surface area contributed by atoms with Crippen molar-refractivity contribution in [2.45, 2.75) is 20.0 Å². The van der Waals surface area contributed by atoms with E-state index in [0.29, 0.717) is 0 Å². The quantitative estimate of drug-likeness (QED) is 0.857. The van der Waals surface area contributed by atoms with Crippen LogP contribution in [0.1, 0.15) is 18.1 Å². The molecule has 0 spiro atoms. The minimum Gasteiger partial charge on any atom is -0.497 e. The average Bonchev–Trinajstić information content (AvgIpc) is 2.49. The minimum absolute atomic E-state index is 0.0552. The van der Waals surface area contributed by atoms with E-state index in [1.165, 1.54) is 18.1 Å². The molecule has 0 heterocycles. The van der Waals surface area contributed by atoms with Crippen LogP contribution in [0.2, 0.25) is 0 Å². The minimum atomic E-state index is -0.0552. The topological polar surface area (TPSA) is 50.4 Å². The smallest absolute Gasteiger partial charge is 0.221 e. The Bertz CT molecular complexity index is 577. The molecule has 0 aliphatic rings. The summed E-state index contributed by atoms with van der Waals surface area (Å²) in [5, 5.41) is 6.14. The molecule has 0 unspecified atom stereocenters. The molecule has 0 fully saturated rings. The normalized spacial score (nSPS) is 10.2. The molecule has 2 aromatic rings. The van der Waals surface area contributed by atoms with E-state index in [1.54, 1.807) is 7.11 Å². The van der Waals surface area contributed by atoms with Crippen molar-refractivity contribution >= 4 is 11.6 Å². The molecule has 21 heavy (non-hydrogen) atoms. The molecule has 2 rings (SSSR count). The number of carbonyl (C=O) groups excluding carboxylic acids is 1. The monoisotopic (exact) mass is 284 g/mol. The van der Waals surface area contributed by atoms with Gasteiger partial charge in [-0.25, -0.2) is 0 Å². The molecule has 110 valence electrons. The molecule has 4 nitrogen and oxygen atoms in total. The van der Waals surface area contributed by atoms with Crippen LogP contribution in [0, 0.1) is 0 Å². The van der Waals surface area contributed by atoms with Crippen molar-refractivity contribution in [3.63, 3.8) is 0 Å². The fourth-order valence-electron chi connectivity index (χ4n) is 2.00. The molecular formula is C17H20N2O2. The second-order valence-corrected chi connectivity index (χ2v) is 4.83. The highest BCUT2D eigenvalue weighted by atomic mass is 16.5. The molecule has 4 heteroatoms. The predicted octanol–water partition coefficient (Wildman–Crippen LogP) is 2.94. The Morgan fingerprint density at radius 1 is 0.952 bits per heavy atom. The van der Waals surface area contributed by atoms with Gasteiger partial charge in [0, 0.05) is 25.7 Å². The van der Waals surface area contributed by atoms with Crippen LogP contribution in [0.25, 0.3) is 0 Å². The van der Waals surface area contributed by atoms with Crippen LogP contribution in [-0.4, -0.2) is 13.0 Å². The van der Waals surface area contributed by atoms with Crippen molar-refractivity contribution in [3.8, 4) is 5.75 Å². The molecule has 0 saturated carbocycles. The SMILES string of the molecule is COc1ccc(CNCc2ccc(NC(C)=O)cc2)cc1. The highest BCUT2D eigenvalue weighted by Crippen LogP contribution is 2.12. The van der Waals surface area contributed by atoms with E-state index < -0.39 is 0 Å². The van der Waals surface area contributed by atoms with Crippen LogP contribution < -0.4 is 15.4 Å². The van der Waals surface area contributed by atoms with E-state index in [1.807, 2.05) is 48.5 Å². The largest absolute Gasteiger partial charge is 0.497 e. The van der Waals surface area contributed by atoms with Gasteiger partial charge in [0.25, 0.3) is 0 Å². The molecule has 2 N–H and O–H groups in total. The number of nitrogens with one attached hydrogen (secondary N) is 2. The van der Waals surface area contributed by atoms with Crippen LogP contribution in [-0.2, 0) is 17.9 Å². The molecule has 2 aromatic carbocycles. The molecule has 0 aliphatic heterocycles. The Morgan fingerprint density at radius 3 is 1.95 bits per heavy atom. The summed E-state index contributed by atoms with van der Waals surface area (Å²) >= 11 is 0. The van der Waals surface area contributed by atoms with Crippen LogP contribution >= 0.6 is 0 Å². The first kappa shape index (κ1) is 15.1. The van der Waals surface area contributed by atoms with Crippen LogP contribution in [0.4, 0.5) is 5.69 Å². The molecule has 1 amide bonds. The predicted molar refractivity (Wildman–Crippen MR) is 84.3 cm³/mol. The van der Waals surface area contributed by atoms with Gasteiger partial charge in [-0.2, -0.15) is 0 Å². The summed E-state index contributed by atoms with van der Waals surface area (Å²) in [5.41, 5.74) is 3.21. The Kier molecular flexibility index (Phi) is 5.35. The van der Waals surface area contributed by atoms with E-state index in [4.69, 9.17) is 4.74 Å². The van der Waals surface area contributed by atoms with Crippen molar-refractivity contribution < 1.29 is 9.53 Å². The number of anilines is 1. The van der Waals surface area contributed by atoms with Crippen molar-refractivity contribution in [2.24, 2.45) is 0 Å². The summed E-state index contributed by atoms with van der Waals surface area (Å²) in [6.45, 7) is 3.09. The van der Waals surface area contributed by atoms with Gasteiger partial charge in [0.15, 0.2) is 0 Å². The maximum Gasteiger partial charge on any atom is 0.221 e. The zero-order valence-electron chi connectivity index (χ0n) is 12.3. The third-order valence-electron chi connectivity index (χ3n) is 3.09. The van der Waals surface area contributed by atoms with Gasteiger partial charge in [0.1, 0.15) is 5.75 Å². The van der Waals surface area contributed by atoms with Crippen LogP contribution in [0.3, 0.4) is 0 Å². The van der Waals surface area contributed by atoms with Crippen LogP contribution in [0.5, 0.6) is 5.75 Å². The van der Waals surface area contributed by atoms with Gasteiger partial charge in [0.05, 0.1) is 7.11 Å². The van der Waals surface area contributed by atoms with Gasteiger partial charge in [-0.05, 0) is 35.4 Å². The lowest BCUT2D eigenvalue weighted by Gasteiger charge is -2.07. The fraction of sp³-hybridized carbons (Fsp3) is 0.235. The Labute approximate surface area is 125 Å². The highest BCUT2D eigenvalue weighted by molar-refractivity contribution is 5.88. The van der Waals surface area contributed by atoms with Crippen LogP contribution in [0.15, 0.2) is 48.5 Å². The van der Waals surface area contributed by atoms with E-state index in [0.717, 1.165) is 24.5 Å². The fourth-order valence-corrected chi connectivity index (χ4v) is 2.00. The zero-order chi connectivity index (χ0) is 15.1. The van der Waals surface area contributed by atoms with Crippen molar-refractivity contribution in [1.29, 1.82) is 0 Å². The third kappa shape index (κ3) is 4.93. The molecule has 0 aliphatic carbocycles. The number of hydrogen-bond acceptors (Lipinski definition) is 3. The summed E-state index contributed by atoms with van der Waals surface area (Å²) in [4.78, 5) is 10.9. The lowest BCUT2D eigenvalue weighted by Crippen LogP contribution is -2.12. The maximum atomic E-state index is 10.9. The number of methoxy groups -OCH3 is 1. The highest BCUT2D eigenvalue weighted by Gasteiger charge is 1.98. The summed E-state index contributed by atoms with van der Waals surface area (Å²) in [5.74, 6) is 0.813. The standard InChI is InChI=1S/C17H20N2O2/c1-13(20)19-16-7-3-14(4-8-16)11-18-12-15-5-9-17(21-2)10-6-15/h3-10,18H,11-12H2,1-2H3,(H,19,20). The molecule has 0 radical (unpaired) electrons. The number of rotatable bonds is 6. The van der Waals surface area contributed by atoms with Gasteiger partial charge in [-0.3, -0.25) is 4.79 Å². The summed E-state index contributed by atoms with van der Waals surface area (Å²) in [6.07, 6.45) is 0. The summed E-state index contributed by atoms with van der Waals surface area (Å²) in [7, 11) is 1.66. The Morgan fingerprint density at radius 2 is 1.48 bits per heavy atom. The number of benzene rings is 2. The second kappa shape index (κ2) is 7.45. The Hall–Kier alpha value is -2.33. The first-order valence-corrected chi connectivity index (χ1v) is 6.87. The number of hydrogen-bond donors (Lipinski definition) is 2. The number of ether oxygens (including phenoxy) is 1. The lowest BCUT2D eigenvalue weighted by atomic mass is 10.2. The summed E-state index contributed by atoms with van der Waals surface area (Å²) in [6, 6.07) is 15.8. The van der Waals surface area contributed by atoms with E-state index in [-0.39, 0.29) is 5.91 Å². The van der Waals surface area contributed by atoms with E-state index >= 15 is 0 Å². The van der Waals surface area contributed by atoms with E-state index in [9.17, 15) is 4.79 Å². The molecule has 0 saturated heterocycles. The van der Waals surface area contributed by atoms with Crippen molar-refractivity contribution in [1.82, 2.24) is 5.32 Å². The number of carbonyl (C=O) groups is 1. The Balaban J connectivity index is 1.81. The first-order chi connectivity index (χ1) is 10.2. The molecule has 0 atom stereocenters. The first-order valence-electron chi connectivity index (χ1n) is 6.87. The maximum absolute atomic E-state index is 10.9. The van der Waals surface area contributed by atoms with Crippen molar-refractivity contribution in [2.75, 3.05) is 12.4 Å². The molecular weight excluding hydrogens is 264 g/mol. The summed E-state index contributed by atoms with van der Waals surface area (Å²) < 4.78 is 5.13. The molecule has 0 bridgehead atoms. The average molecular weight is 284 g/mol. The van der Waals surface area contributed by atoms with E-state index in [2.05, 4.69) is 10.6 Å². The second-order valence-electron chi connectivity index (χ2n) is 4.83. The van der Waals surface area contributed by atoms with Gasteiger partial charge in [-0.1, -0.05) is 24.3 Å². The van der Waals surface area contributed by atoms with Gasteiger partial charge >= 0.3 is 0 Å².